The highest BCUT2D eigenvalue weighted by Crippen LogP contribution is 2.48. The first-order valence-electron chi connectivity index (χ1n) is 6.45. The lowest BCUT2D eigenvalue weighted by Crippen LogP contribution is -2.47. The highest BCUT2D eigenvalue weighted by Gasteiger charge is 2.47. The Balaban J connectivity index is 2.88. The van der Waals surface area contributed by atoms with Crippen LogP contribution >= 0.6 is 18.9 Å². The van der Waals surface area contributed by atoms with E-state index in [9.17, 15) is 4.89 Å². The molecule has 1 aliphatic rings. The van der Waals surface area contributed by atoms with E-state index < -0.39 is 12.8 Å². The van der Waals surface area contributed by atoms with Crippen LogP contribution in [0.3, 0.4) is 0 Å². The van der Waals surface area contributed by atoms with Crippen LogP contribution < -0.4 is 10.6 Å². The molecule has 1 aliphatic carbocycles. The minimum atomic E-state index is -3.28. The molecule has 0 spiro atoms. The van der Waals surface area contributed by atoms with Crippen molar-refractivity contribution in [2.24, 2.45) is 5.92 Å². The molecule has 124 valence electrons. The number of hydrogen-bond donors (Lipinski definition) is 3. The Hall–Kier alpha value is 0.140. The molecule has 7 nitrogen and oxygen atoms in total. The van der Waals surface area contributed by atoms with Crippen LogP contribution in [0.25, 0.3) is 0 Å². The first-order valence-corrected chi connectivity index (χ1v) is 9.45. The lowest BCUT2D eigenvalue weighted by molar-refractivity contribution is -0.0206. The van der Waals surface area contributed by atoms with Crippen LogP contribution in [0.1, 0.15) is 6.42 Å². The summed E-state index contributed by atoms with van der Waals surface area (Å²) in [6, 6.07) is -0.0630. The molecule has 2 unspecified atom stereocenters. The van der Waals surface area contributed by atoms with E-state index in [0.717, 1.165) is 6.42 Å². The van der Waals surface area contributed by atoms with Crippen molar-refractivity contribution in [2.75, 3.05) is 35.0 Å². The lowest BCUT2D eigenvalue weighted by Gasteiger charge is -2.28. The van der Waals surface area contributed by atoms with Crippen molar-refractivity contribution in [1.82, 2.24) is 10.6 Å². The lowest BCUT2D eigenvalue weighted by atomic mass is 10.1. The van der Waals surface area contributed by atoms with Crippen molar-refractivity contribution in [3.8, 4) is 0 Å². The smallest absolute Gasteiger partial charge is 0.324 e. The minimum Gasteiger partial charge on any atom is -0.384 e. The Morgan fingerprint density at radius 2 is 2.00 bits per heavy atom. The van der Waals surface area contributed by atoms with E-state index in [1.165, 1.54) is 7.11 Å². The number of rotatable bonds is 7. The third-order valence-corrected chi connectivity index (χ3v) is 5.42. The van der Waals surface area contributed by atoms with Crippen LogP contribution in [0.15, 0.2) is 0 Å². The van der Waals surface area contributed by atoms with Gasteiger partial charge in [0.05, 0.1) is 12.6 Å². The van der Waals surface area contributed by atoms with Gasteiger partial charge in [0.25, 0.3) is 0 Å². The molecule has 0 saturated heterocycles. The molecule has 0 bridgehead atoms. The van der Waals surface area contributed by atoms with Crippen LogP contribution in [0.2, 0.25) is 0 Å². The van der Waals surface area contributed by atoms with Crippen LogP contribution in [-0.4, -0.2) is 63.2 Å². The molecule has 1 rings (SSSR count). The molecule has 10 heteroatoms. The van der Waals surface area contributed by atoms with Crippen molar-refractivity contribution in [1.29, 1.82) is 0 Å². The molecule has 1 fully saturated rings. The molecule has 1 saturated carbocycles. The maximum absolute atomic E-state index is 9.92. The van der Waals surface area contributed by atoms with Crippen LogP contribution in [0.5, 0.6) is 0 Å². The fraction of sp³-hybridized carbons (Fsp3) is 0.909. The molecular weight excluding hydrogens is 335 g/mol. The topological polar surface area (TPSA) is 81.2 Å². The number of thiocarbonyl (C=S) groups is 1. The first kappa shape index (κ1) is 19.2. The summed E-state index contributed by atoms with van der Waals surface area (Å²) in [5.74, 6) is 0.0155. The molecule has 0 aromatic carbocycles. The second-order valence-electron chi connectivity index (χ2n) is 4.70. The molecular formula is C11H23N2O5PS2. The van der Waals surface area contributed by atoms with Crippen molar-refractivity contribution in [3.05, 3.63) is 0 Å². The van der Waals surface area contributed by atoms with Gasteiger partial charge >= 0.3 is 6.72 Å². The van der Waals surface area contributed by atoms with Crippen LogP contribution in [-0.2, 0) is 30.3 Å². The zero-order valence-electron chi connectivity index (χ0n) is 12.6. The van der Waals surface area contributed by atoms with E-state index in [1.807, 2.05) is 0 Å². The molecule has 0 aromatic rings. The van der Waals surface area contributed by atoms with E-state index in [4.69, 9.17) is 42.5 Å². The fourth-order valence-corrected chi connectivity index (χ4v) is 3.63. The summed E-state index contributed by atoms with van der Waals surface area (Å²) >= 11 is 10.1. The van der Waals surface area contributed by atoms with Gasteiger partial charge in [0.2, 0.25) is 0 Å². The predicted octanol–water partition coefficient (Wildman–Crippen LogP) is 0.379. The number of ether oxygens (including phenoxy) is 2. The van der Waals surface area contributed by atoms with Crippen LogP contribution in [0.4, 0.5) is 0 Å². The average Bonchev–Trinajstić information content (AvgIpc) is 2.75. The molecule has 0 amide bonds. The van der Waals surface area contributed by atoms with Gasteiger partial charge < -0.3 is 34.0 Å². The summed E-state index contributed by atoms with van der Waals surface area (Å²) in [5, 5.41) is 6.55. The van der Waals surface area contributed by atoms with Gasteiger partial charge in [-0.25, -0.2) is 0 Å². The zero-order chi connectivity index (χ0) is 16.0. The van der Waals surface area contributed by atoms with Gasteiger partial charge in [0.15, 0.2) is 5.11 Å². The molecule has 3 N–H and O–H groups in total. The third kappa shape index (κ3) is 5.37. The molecule has 0 radical (unpaired) electrons. The van der Waals surface area contributed by atoms with E-state index in [0.29, 0.717) is 11.7 Å². The van der Waals surface area contributed by atoms with Crippen molar-refractivity contribution in [2.45, 2.75) is 24.7 Å². The second-order valence-corrected chi connectivity index (χ2v) is 8.01. The second kappa shape index (κ2) is 8.69. The van der Waals surface area contributed by atoms with E-state index >= 15 is 0 Å². The van der Waals surface area contributed by atoms with Gasteiger partial charge in [-0.2, -0.15) is 0 Å². The maximum Gasteiger partial charge on any atom is 0.324 e. The SMILES string of the molecule is CNC(=S)N[C@@H]1C[C@H](COC)[C@H](OP(O)(=S)OC)C1OC. The highest BCUT2D eigenvalue weighted by molar-refractivity contribution is 8.07. The van der Waals surface area contributed by atoms with E-state index in [-0.39, 0.29) is 18.1 Å². The largest absolute Gasteiger partial charge is 0.384 e. The molecule has 21 heavy (non-hydrogen) atoms. The minimum absolute atomic E-state index is 0.0155. The summed E-state index contributed by atoms with van der Waals surface area (Å²) in [6.45, 7) is -2.81. The van der Waals surface area contributed by atoms with Gasteiger partial charge in [0.1, 0.15) is 12.2 Å². The standard InChI is InChI=1S/C11H23N2O5PS2/c1-12-11(20)13-8-5-7(6-15-2)9(10(8)16-3)18-19(14,21)17-4/h7-10H,5-6H2,1-4H3,(H,14,21)(H2,12,13,20)/t7-,8-,9+,10?,19?/m1/s1. The Morgan fingerprint density at radius 1 is 1.33 bits per heavy atom. The summed E-state index contributed by atoms with van der Waals surface area (Å²) in [4.78, 5) is 9.92. The monoisotopic (exact) mass is 358 g/mol. The Morgan fingerprint density at radius 3 is 2.48 bits per heavy atom. The van der Waals surface area contributed by atoms with Crippen molar-refractivity contribution >= 4 is 35.9 Å². The Labute approximate surface area is 135 Å². The number of methoxy groups -OCH3 is 2. The zero-order valence-corrected chi connectivity index (χ0v) is 15.1. The maximum atomic E-state index is 9.92. The quantitative estimate of drug-likeness (QED) is 0.442. The molecule has 0 aromatic heterocycles. The summed E-state index contributed by atoms with van der Waals surface area (Å²) in [7, 11) is 6.27. The van der Waals surface area contributed by atoms with Gasteiger partial charge in [-0.3, -0.25) is 0 Å². The number of hydrogen-bond acceptors (Lipinski definition) is 6. The average molecular weight is 358 g/mol. The molecule has 0 aliphatic heterocycles. The van der Waals surface area contributed by atoms with Gasteiger partial charge in [-0.05, 0) is 30.4 Å². The Kier molecular flexibility index (Phi) is 7.94. The summed E-state index contributed by atoms with van der Waals surface area (Å²) in [5.41, 5.74) is 0. The highest BCUT2D eigenvalue weighted by atomic mass is 32.5. The third-order valence-electron chi connectivity index (χ3n) is 3.42. The van der Waals surface area contributed by atoms with Crippen molar-refractivity contribution < 1.29 is 23.4 Å². The van der Waals surface area contributed by atoms with E-state index in [2.05, 4.69) is 10.6 Å². The fourth-order valence-electron chi connectivity index (χ4n) is 2.49. The van der Waals surface area contributed by atoms with Crippen LogP contribution in [0, 0.1) is 5.92 Å². The van der Waals surface area contributed by atoms with Crippen molar-refractivity contribution in [3.63, 3.8) is 0 Å². The number of nitrogens with one attached hydrogen (secondary N) is 2. The molecule has 0 heterocycles. The predicted molar refractivity (Wildman–Crippen MR) is 87.7 cm³/mol. The van der Waals surface area contributed by atoms with Gasteiger partial charge in [0, 0.05) is 34.3 Å². The normalized spacial score (nSPS) is 31.7. The van der Waals surface area contributed by atoms with Gasteiger partial charge in [-0.15, -0.1) is 0 Å². The summed E-state index contributed by atoms with van der Waals surface area (Å²) in [6.07, 6.45) is -0.0262. The Bertz CT molecular complexity index is 401. The first-order chi connectivity index (χ1) is 9.88. The molecule has 5 atom stereocenters. The summed E-state index contributed by atoms with van der Waals surface area (Å²) < 4.78 is 21.2. The van der Waals surface area contributed by atoms with Gasteiger partial charge in [-0.1, -0.05) is 0 Å². The van der Waals surface area contributed by atoms with E-state index in [1.54, 1.807) is 21.3 Å².